The third kappa shape index (κ3) is 5.92. The Labute approximate surface area is 161 Å². The highest BCUT2D eigenvalue weighted by molar-refractivity contribution is 7.89. The molecule has 7 nitrogen and oxygen atoms in total. The standard InChI is InChI=1S/C17H31N5O2S2/c1-5-10-26(23,24)22-8-6-14(7-9-22)21-17(18-4)19-11-15-12-25-16(20-15)13(2)3/h12-14H,5-11H2,1-4H3,(H2,18,19,21). The van der Waals surface area contributed by atoms with Crippen LogP contribution in [0.1, 0.15) is 56.7 Å². The van der Waals surface area contributed by atoms with Crippen LogP contribution < -0.4 is 10.6 Å². The number of thiazole rings is 1. The molecule has 2 rings (SSSR count). The number of piperidine rings is 1. The summed E-state index contributed by atoms with van der Waals surface area (Å²) in [6, 6.07) is 0.232. The lowest BCUT2D eigenvalue weighted by molar-refractivity contribution is 0.306. The minimum absolute atomic E-state index is 0.232. The highest BCUT2D eigenvalue weighted by Gasteiger charge is 2.27. The molecule has 1 saturated heterocycles. The van der Waals surface area contributed by atoms with Gasteiger partial charge in [-0.2, -0.15) is 0 Å². The van der Waals surface area contributed by atoms with Crippen LogP contribution in [0.15, 0.2) is 10.4 Å². The van der Waals surface area contributed by atoms with Crippen molar-refractivity contribution in [3.05, 3.63) is 16.1 Å². The molecule has 1 aromatic rings. The number of guanidine groups is 1. The summed E-state index contributed by atoms with van der Waals surface area (Å²) in [6.07, 6.45) is 2.24. The topological polar surface area (TPSA) is 86.7 Å². The molecule has 1 fully saturated rings. The van der Waals surface area contributed by atoms with Gasteiger partial charge in [0.1, 0.15) is 0 Å². The molecule has 0 amide bonds. The fourth-order valence-corrected chi connectivity index (χ4v) is 5.27. The average molecular weight is 402 g/mol. The summed E-state index contributed by atoms with van der Waals surface area (Å²) in [5.74, 6) is 1.42. The predicted octanol–water partition coefficient (Wildman–Crippen LogP) is 2.14. The van der Waals surface area contributed by atoms with Gasteiger partial charge in [0.05, 0.1) is 23.0 Å². The maximum Gasteiger partial charge on any atom is 0.214 e. The Morgan fingerprint density at radius 1 is 1.42 bits per heavy atom. The second kappa shape index (κ2) is 9.66. The lowest BCUT2D eigenvalue weighted by Crippen LogP contribution is -2.49. The quantitative estimate of drug-likeness (QED) is 0.540. The van der Waals surface area contributed by atoms with Crippen molar-refractivity contribution in [3.63, 3.8) is 0 Å². The largest absolute Gasteiger partial charge is 0.354 e. The molecule has 1 aromatic heterocycles. The Bertz CT molecular complexity index is 692. The Kier molecular flexibility index (Phi) is 7.85. The highest BCUT2D eigenvalue weighted by atomic mass is 32.2. The molecule has 2 heterocycles. The zero-order chi connectivity index (χ0) is 19.2. The second-order valence-corrected chi connectivity index (χ2v) is 9.87. The molecule has 0 unspecified atom stereocenters. The lowest BCUT2D eigenvalue weighted by atomic mass is 10.1. The van der Waals surface area contributed by atoms with Crippen molar-refractivity contribution in [1.29, 1.82) is 0 Å². The van der Waals surface area contributed by atoms with Gasteiger partial charge in [-0.1, -0.05) is 20.8 Å². The molecule has 1 aliphatic rings. The first kappa shape index (κ1) is 21.1. The second-order valence-electron chi connectivity index (χ2n) is 6.89. The van der Waals surface area contributed by atoms with Crippen molar-refractivity contribution in [2.24, 2.45) is 4.99 Å². The monoisotopic (exact) mass is 401 g/mol. The van der Waals surface area contributed by atoms with Gasteiger partial charge in [0.25, 0.3) is 0 Å². The van der Waals surface area contributed by atoms with Crippen LogP contribution in [0.2, 0.25) is 0 Å². The number of rotatable bonds is 7. The van der Waals surface area contributed by atoms with E-state index in [4.69, 9.17) is 0 Å². The number of aromatic nitrogens is 1. The van der Waals surface area contributed by atoms with Gasteiger partial charge in [0.2, 0.25) is 10.0 Å². The van der Waals surface area contributed by atoms with E-state index in [1.807, 2.05) is 6.92 Å². The fourth-order valence-electron chi connectivity index (χ4n) is 2.90. The first-order valence-electron chi connectivity index (χ1n) is 9.25. The van der Waals surface area contributed by atoms with E-state index in [0.717, 1.165) is 29.5 Å². The van der Waals surface area contributed by atoms with E-state index in [1.165, 1.54) is 0 Å². The molecule has 1 aliphatic heterocycles. The van der Waals surface area contributed by atoms with E-state index in [0.29, 0.717) is 32.0 Å². The number of hydrogen-bond acceptors (Lipinski definition) is 5. The minimum Gasteiger partial charge on any atom is -0.354 e. The van der Waals surface area contributed by atoms with Gasteiger partial charge in [-0.05, 0) is 19.3 Å². The van der Waals surface area contributed by atoms with Gasteiger partial charge < -0.3 is 10.6 Å². The number of sulfonamides is 1. The lowest BCUT2D eigenvalue weighted by Gasteiger charge is -2.32. The van der Waals surface area contributed by atoms with E-state index in [-0.39, 0.29) is 11.8 Å². The van der Waals surface area contributed by atoms with Gasteiger partial charge in [0, 0.05) is 37.5 Å². The zero-order valence-corrected chi connectivity index (χ0v) is 17.8. The Morgan fingerprint density at radius 3 is 2.65 bits per heavy atom. The molecule has 0 atom stereocenters. The molecule has 0 aromatic carbocycles. The molecule has 9 heteroatoms. The van der Waals surface area contributed by atoms with E-state index in [9.17, 15) is 8.42 Å². The first-order chi connectivity index (χ1) is 12.4. The van der Waals surface area contributed by atoms with Crippen LogP contribution in [0.5, 0.6) is 0 Å². The maximum absolute atomic E-state index is 12.1. The minimum atomic E-state index is -3.09. The summed E-state index contributed by atoms with van der Waals surface area (Å²) in [7, 11) is -1.34. The molecule has 0 aliphatic carbocycles. The third-order valence-electron chi connectivity index (χ3n) is 4.37. The predicted molar refractivity (Wildman–Crippen MR) is 108 cm³/mol. The van der Waals surface area contributed by atoms with Crippen LogP contribution in [-0.2, 0) is 16.6 Å². The van der Waals surface area contributed by atoms with E-state index >= 15 is 0 Å². The molecular formula is C17H31N5O2S2. The van der Waals surface area contributed by atoms with Crippen LogP contribution in [0.25, 0.3) is 0 Å². The number of aliphatic imine (C=N–C) groups is 1. The van der Waals surface area contributed by atoms with Crippen molar-refractivity contribution in [2.45, 2.75) is 58.5 Å². The molecule has 0 radical (unpaired) electrons. The van der Waals surface area contributed by atoms with E-state index in [1.54, 1.807) is 22.7 Å². The van der Waals surface area contributed by atoms with E-state index < -0.39 is 10.0 Å². The van der Waals surface area contributed by atoms with Crippen molar-refractivity contribution >= 4 is 27.3 Å². The Hall–Kier alpha value is -1.19. The molecule has 26 heavy (non-hydrogen) atoms. The van der Waals surface area contributed by atoms with Crippen LogP contribution in [0.4, 0.5) is 0 Å². The number of nitrogens with zero attached hydrogens (tertiary/aromatic N) is 3. The van der Waals surface area contributed by atoms with Crippen molar-refractivity contribution < 1.29 is 8.42 Å². The zero-order valence-electron chi connectivity index (χ0n) is 16.2. The van der Waals surface area contributed by atoms with Crippen molar-refractivity contribution in [1.82, 2.24) is 19.9 Å². The van der Waals surface area contributed by atoms with Crippen LogP contribution in [-0.4, -0.2) is 55.6 Å². The van der Waals surface area contributed by atoms with Gasteiger partial charge in [-0.3, -0.25) is 4.99 Å². The third-order valence-corrected chi connectivity index (χ3v) is 7.64. The van der Waals surface area contributed by atoms with Crippen molar-refractivity contribution in [3.8, 4) is 0 Å². The average Bonchev–Trinajstić information content (AvgIpc) is 3.08. The summed E-state index contributed by atoms with van der Waals surface area (Å²) in [4.78, 5) is 8.89. The fraction of sp³-hybridized carbons (Fsp3) is 0.765. The van der Waals surface area contributed by atoms with Gasteiger partial charge in [-0.15, -0.1) is 11.3 Å². The molecule has 0 bridgehead atoms. The normalized spacial score (nSPS) is 17.7. The van der Waals surface area contributed by atoms with Gasteiger partial charge >= 0.3 is 0 Å². The van der Waals surface area contributed by atoms with E-state index in [2.05, 4.69) is 39.8 Å². The SMILES string of the molecule is CCCS(=O)(=O)N1CCC(NC(=NC)NCc2csc(C(C)C)n2)CC1. The van der Waals surface area contributed by atoms with Crippen LogP contribution >= 0.6 is 11.3 Å². The van der Waals surface area contributed by atoms with Crippen LogP contribution in [0, 0.1) is 0 Å². The summed E-state index contributed by atoms with van der Waals surface area (Å²) >= 11 is 1.69. The van der Waals surface area contributed by atoms with Gasteiger partial charge in [0.15, 0.2) is 5.96 Å². The summed E-state index contributed by atoms with van der Waals surface area (Å²) < 4.78 is 25.9. The molecule has 0 saturated carbocycles. The maximum atomic E-state index is 12.1. The van der Waals surface area contributed by atoms with Crippen molar-refractivity contribution in [2.75, 3.05) is 25.9 Å². The molecule has 0 spiro atoms. The van der Waals surface area contributed by atoms with Gasteiger partial charge in [-0.25, -0.2) is 17.7 Å². The highest BCUT2D eigenvalue weighted by Crippen LogP contribution is 2.19. The number of nitrogens with one attached hydrogen (secondary N) is 2. The first-order valence-corrected chi connectivity index (χ1v) is 11.7. The number of hydrogen-bond donors (Lipinski definition) is 2. The Balaban J connectivity index is 1.80. The Morgan fingerprint density at radius 2 is 2.12 bits per heavy atom. The smallest absolute Gasteiger partial charge is 0.214 e. The summed E-state index contributed by atoms with van der Waals surface area (Å²) in [6.45, 7) is 7.95. The molecular weight excluding hydrogens is 370 g/mol. The van der Waals surface area contributed by atoms with Crippen LogP contribution in [0.3, 0.4) is 0 Å². The summed E-state index contributed by atoms with van der Waals surface area (Å²) in [5.41, 5.74) is 1.02. The molecule has 2 N–H and O–H groups in total. The molecule has 148 valence electrons. The summed E-state index contributed by atoms with van der Waals surface area (Å²) in [5, 5.41) is 9.92.